The molecule has 0 bridgehead atoms. The number of carboxylic acid groups (broad SMARTS) is 1. The van der Waals surface area contributed by atoms with Crippen molar-refractivity contribution in [1.82, 2.24) is 14.9 Å². The van der Waals surface area contributed by atoms with Crippen LogP contribution in [0.3, 0.4) is 0 Å². The molecule has 0 spiro atoms. The molecule has 1 unspecified atom stereocenters. The average molecular weight is 265 g/mol. The fraction of sp³-hybridized carbons (Fsp3) is 0.615. The van der Waals surface area contributed by atoms with Gasteiger partial charge in [-0.1, -0.05) is 6.42 Å². The van der Waals surface area contributed by atoms with Crippen molar-refractivity contribution in [1.29, 1.82) is 0 Å². The number of likely N-dealkylation sites (tertiary alicyclic amines) is 1. The third-order valence-electron chi connectivity index (χ3n) is 3.51. The smallest absolute Gasteiger partial charge is 0.339 e. The molecule has 2 rings (SSSR count). The first-order valence-electron chi connectivity index (χ1n) is 6.48. The number of carboxylic acids is 1. The molecule has 6 nitrogen and oxygen atoms in total. The topological polar surface area (TPSA) is 75.5 Å². The zero-order chi connectivity index (χ0) is 13.8. The number of piperidine rings is 1. The molecule has 1 fully saturated rings. The van der Waals surface area contributed by atoms with E-state index in [4.69, 9.17) is 9.84 Å². The van der Waals surface area contributed by atoms with Gasteiger partial charge in [0, 0.05) is 12.2 Å². The van der Waals surface area contributed by atoms with Gasteiger partial charge in [0.05, 0.1) is 11.3 Å². The Kier molecular flexibility index (Phi) is 4.31. The van der Waals surface area contributed by atoms with Crippen LogP contribution in [0.25, 0.3) is 0 Å². The van der Waals surface area contributed by atoms with Crippen LogP contribution >= 0.6 is 0 Å². The third-order valence-corrected chi connectivity index (χ3v) is 3.51. The Bertz CT molecular complexity index is 464. The molecule has 1 aliphatic heterocycles. The van der Waals surface area contributed by atoms with Crippen LogP contribution < -0.4 is 4.74 Å². The lowest BCUT2D eigenvalue weighted by molar-refractivity contribution is 0.0694. The fourth-order valence-electron chi connectivity index (χ4n) is 2.25. The Labute approximate surface area is 112 Å². The molecular weight excluding hydrogens is 246 g/mol. The molecule has 1 saturated heterocycles. The van der Waals surface area contributed by atoms with Crippen molar-refractivity contribution in [2.45, 2.75) is 32.2 Å². The van der Waals surface area contributed by atoms with Gasteiger partial charge < -0.3 is 14.7 Å². The highest BCUT2D eigenvalue weighted by molar-refractivity contribution is 5.88. The molecule has 0 saturated carbocycles. The molecule has 1 aromatic heterocycles. The molecule has 0 amide bonds. The second kappa shape index (κ2) is 5.97. The first kappa shape index (κ1) is 13.7. The summed E-state index contributed by atoms with van der Waals surface area (Å²) in [5.41, 5.74) is 0.539. The molecule has 6 heteroatoms. The van der Waals surface area contributed by atoms with Gasteiger partial charge in [0.2, 0.25) is 0 Å². The lowest BCUT2D eigenvalue weighted by Crippen LogP contribution is -2.40. The average Bonchev–Trinajstić information content (AvgIpc) is 2.37. The van der Waals surface area contributed by atoms with Gasteiger partial charge in [-0.3, -0.25) is 0 Å². The Hall–Kier alpha value is -1.69. The summed E-state index contributed by atoms with van der Waals surface area (Å²) in [5, 5.41) is 8.90. The van der Waals surface area contributed by atoms with E-state index < -0.39 is 5.97 Å². The van der Waals surface area contributed by atoms with Gasteiger partial charge in [-0.25, -0.2) is 9.78 Å². The number of carbonyl (C=O) groups is 1. The minimum absolute atomic E-state index is 0.113. The second-order valence-electron chi connectivity index (χ2n) is 4.90. The van der Waals surface area contributed by atoms with E-state index in [1.807, 2.05) is 0 Å². The summed E-state index contributed by atoms with van der Waals surface area (Å²) in [6.45, 7) is 3.28. The van der Waals surface area contributed by atoms with Gasteiger partial charge >= 0.3 is 12.0 Å². The van der Waals surface area contributed by atoms with Crippen molar-refractivity contribution in [3.8, 4) is 6.01 Å². The lowest BCUT2D eigenvalue weighted by Gasteiger charge is -2.31. The summed E-state index contributed by atoms with van der Waals surface area (Å²) in [7, 11) is 2.09. The molecule has 1 aromatic rings. The number of nitrogens with zero attached hydrogens (tertiary/aromatic N) is 3. The molecular formula is C13H19N3O3. The predicted octanol–water partition coefficient (Wildman–Crippen LogP) is 1.35. The van der Waals surface area contributed by atoms with Gasteiger partial charge in [0.15, 0.2) is 0 Å². The molecule has 1 N–H and O–H groups in total. The number of likely N-dealkylation sites (N-methyl/N-ethyl adjacent to an activating group) is 1. The SMILES string of the molecule is Cc1nc(OCC2CCCCN2C)ncc1C(=O)O. The summed E-state index contributed by atoms with van der Waals surface area (Å²) in [6, 6.07) is 0.637. The van der Waals surface area contributed by atoms with E-state index in [1.165, 1.54) is 19.0 Å². The van der Waals surface area contributed by atoms with Crippen LogP contribution in [-0.2, 0) is 0 Å². The largest absolute Gasteiger partial charge is 0.478 e. The van der Waals surface area contributed by atoms with Crippen LogP contribution in [-0.4, -0.2) is 52.2 Å². The number of aromatic carboxylic acids is 1. The van der Waals surface area contributed by atoms with E-state index in [0.717, 1.165) is 13.0 Å². The minimum atomic E-state index is -1.02. The molecule has 0 aliphatic carbocycles. The van der Waals surface area contributed by atoms with Gasteiger partial charge in [0.25, 0.3) is 0 Å². The highest BCUT2D eigenvalue weighted by Gasteiger charge is 2.20. The number of ether oxygens (including phenoxy) is 1. The maximum atomic E-state index is 10.9. The standard InChI is InChI=1S/C13H19N3O3/c1-9-11(12(17)18)7-14-13(15-9)19-8-10-5-3-4-6-16(10)2/h7,10H,3-6,8H2,1-2H3,(H,17,18). The number of aromatic nitrogens is 2. The quantitative estimate of drug-likeness (QED) is 0.885. The van der Waals surface area contributed by atoms with Crippen molar-refractivity contribution in [3.05, 3.63) is 17.5 Å². The van der Waals surface area contributed by atoms with Gasteiger partial charge in [-0.15, -0.1) is 0 Å². The third kappa shape index (κ3) is 3.41. The molecule has 0 radical (unpaired) electrons. The molecule has 19 heavy (non-hydrogen) atoms. The molecule has 1 atom stereocenters. The Morgan fingerprint density at radius 1 is 1.58 bits per heavy atom. The zero-order valence-electron chi connectivity index (χ0n) is 11.3. The van der Waals surface area contributed by atoms with Crippen LogP contribution in [0, 0.1) is 6.92 Å². The van der Waals surface area contributed by atoms with Gasteiger partial charge in [0.1, 0.15) is 6.61 Å². The lowest BCUT2D eigenvalue weighted by atomic mass is 10.0. The highest BCUT2D eigenvalue weighted by atomic mass is 16.5. The van der Waals surface area contributed by atoms with Crippen molar-refractivity contribution in [2.75, 3.05) is 20.2 Å². The molecule has 1 aliphatic rings. The highest BCUT2D eigenvalue weighted by Crippen LogP contribution is 2.16. The Balaban J connectivity index is 1.96. The maximum absolute atomic E-state index is 10.9. The normalized spacial score (nSPS) is 20.2. The summed E-state index contributed by atoms with van der Waals surface area (Å²) < 4.78 is 5.57. The van der Waals surface area contributed by atoms with E-state index >= 15 is 0 Å². The van der Waals surface area contributed by atoms with Crippen LogP contribution in [0.5, 0.6) is 6.01 Å². The van der Waals surface area contributed by atoms with Crippen molar-refractivity contribution >= 4 is 5.97 Å². The minimum Gasteiger partial charge on any atom is -0.478 e. The van der Waals surface area contributed by atoms with E-state index in [-0.39, 0.29) is 11.6 Å². The number of hydrogen-bond acceptors (Lipinski definition) is 5. The van der Waals surface area contributed by atoms with Crippen LogP contribution in [0.15, 0.2) is 6.20 Å². The Morgan fingerprint density at radius 2 is 2.37 bits per heavy atom. The number of hydrogen-bond donors (Lipinski definition) is 1. The van der Waals surface area contributed by atoms with Gasteiger partial charge in [-0.2, -0.15) is 4.98 Å². The first-order chi connectivity index (χ1) is 9.08. The fourth-order valence-corrected chi connectivity index (χ4v) is 2.25. The van der Waals surface area contributed by atoms with E-state index in [0.29, 0.717) is 18.3 Å². The predicted molar refractivity (Wildman–Crippen MR) is 69.5 cm³/mol. The summed E-state index contributed by atoms with van der Waals surface area (Å²) in [6.07, 6.45) is 4.86. The maximum Gasteiger partial charge on any atom is 0.339 e. The van der Waals surface area contributed by atoms with Crippen LogP contribution in [0.1, 0.15) is 35.3 Å². The monoisotopic (exact) mass is 265 g/mol. The molecule has 0 aromatic carbocycles. The van der Waals surface area contributed by atoms with Crippen molar-refractivity contribution in [2.24, 2.45) is 0 Å². The summed E-state index contributed by atoms with van der Waals surface area (Å²) >= 11 is 0. The van der Waals surface area contributed by atoms with E-state index in [2.05, 4.69) is 21.9 Å². The zero-order valence-corrected chi connectivity index (χ0v) is 11.3. The first-order valence-corrected chi connectivity index (χ1v) is 6.48. The molecule has 2 heterocycles. The van der Waals surface area contributed by atoms with E-state index in [9.17, 15) is 4.79 Å². The molecule has 104 valence electrons. The Morgan fingerprint density at radius 3 is 3.00 bits per heavy atom. The van der Waals surface area contributed by atoms with E-state index in [1.54, 1.807) is 6.92 Å². The van der Waals surface area contributed by atoms with Crippen LogP contribution in [0.2, 0.25) is 0 Å². The summed E-state index contributed by atoms with van der Waals surface area (Å²) in [5.74, 6) is -1.02. The van der Waals surface area contributed by atoms with Crippen molar-refractivity contribution < 1.29 is 14.6 Å². The number of rotatable bonds is 4. The van der Waals surface area contributed by atoms with Gasteiger partial charge in [-0.05, 0) is 33.4 Å². The summed E-state index contributed by atoms with van der Waals surface area (Å²) in [4.78, 5) is 21.1. The second-order valence-corrected chi connectivity index (χ2v) is 4.90. The van der Waals surface area contributed by atoms with Crippen molar-refractivity contribution in [3.63, 3.8) is 0 Å². The number of aryl methyl sites for hydroxylation is 1. The van der Waals surface area contributed by atoms with Crippen LogP contribution in [0.4, 0.5) is 0 Å².